The zero-order valence-electron chi connectivity index (χ0n) is 20.2. The lowest BCUT2D eigenvalue weighted by molar-refractivity contribution is -0.141. The van der Waals surface area contributed by atoms with Gasteiger partial charge in [-0.15, -0.1) is 0 Å². The molecular weight excluding hydrogens is 400 g/mol. The second-order valence-corrected chi connectivity index (χ2v) is 8.52. The number of nitrogens with zero attached hydrogens (tertiary/aromatic N) is 1. The number of amides is 2. The minimum Gasteiger partial charge on any atom is -0.494 e. The van der Waals surface area contributed by atoms with Crippen LogP contribution in [0.1, 0.15) is 63.1 Å². The first-order chi connectivity index (χ1) is 15.3. The fourth-order valence-electron chi connectivity index (χ4n) is 3.56. The van der Waals surface area contributed by atoms with E-state index < -0.39 is 6.04 Å². The Morgan fingerprint density at radius 3 is 2.34 bits per heavy atom. The SMILES string of the molecule is CC[C@H](C(=O)N[C@@H](C)CC)N(Cc1cccc(C)c1)C(=O)CCCOc1ccc(C)cc1. The van der Waals surface area contributed by atoms with E-state index in [1.807, 2.05) is 77.1 Å². The first kappa shape index (κ1) is 25.4. The van der Waals surface area contributed by atoms with Crippen molar-refractivity contribution in [3.05, 3.63) is 65.2 Å². The summed E-state index contributed by atoms with van der Waals surface area (Å²) in [5.41, 5.74) is 3.35. The largest absolute Gasteiger partial charge is 0.494 e. The highest BCUT2D eigenvalue weighted by molar-refractivity contribution is 5.87. The van der Waals surface area contributed by atoms with Crippen LogP contribution in [0.3, 0.4) is 0 Å². The molecule has 2 amide bonds. The van der Waals surface area contributed by atoms with Crippen LogP contribution in [0.15, 0.2) is 48.5 Å². The number of aryl methyl sites for hydroxylation is 2. The van der Waals surface area contributed by atoms with Crippen LogP contribution in [0.25, 0.3) is 0 Å². The molecular formula is C27H38N2O3. The van der Waals surface area contributed by atoms with Crippen molar-refractivity contribution in [1.29, 1.82) is 0 Å². The Morgan fingerprint density at radius 1 is 1.00 bits per heavy atom. The van der Waals surface area contributed by atoms with Crippen molar-refractivity contribution in [2.75, 3.05) is 6.61 Å². The average Bonchev–Trinajstić information content (AvgIpc) is 2.77. The van der Waals surface area contributed by atoms with Crippen LogP contribution in [0.5, 0.6) is 5.75 Å². The first-order valence-electron chi connectivity index (χ1n) is 11.7. The third-order valence-electron chi connectivity index (χ3n) is 5.65. The van der Waals surface area contributed by atoms with Gasteiger partial charge in [-0.3, -0.25) is 9.59 Å². The van der Waals surface area contributed by atoms with Gasteiger partial charge >= 0.3 is 0 Å². The molecule has 0 aliphatic carbocycles. The van der Waals surface area contributed by atoms with Crippen LogP contribution in [0.4, 0.5) is 0 Å². The summed E-state index contributed by atoms with van der Waals surface area (Å²) in [5, 5.41) is 3.05. The Kier molecular flexibility index (Phi) is 10.3. The van der Waals surface area contributed by atoms with E-state index in [2.05, 4.69) is 11.4 Å². The highest BCUT2D eigenvalue weighted by Gasteiger charge is 2.28. The van der Waals surface area contributed by atoms with Gasteiger partial charge in [0.2, 0.25) is 11.8 Å². The summed E-state index contributed by atoms with van der Waals surface area (Å²) in [6.07, 6.45) is 2.36. The predicted molar refractivity (Wildman–Crippen MR) is 130 cm³/mol. The smallest absolute Gasteiger partial charge is 0.243 e. The molecule has 32 heavy (non-hydrogen) atoms. The molecule has 1 N–H and O–H groups in total. The number of hydrogen-bond donors (Lipinski definition) is 1. The Balaban J connectivity index is 2.06. The average molecular weight is 439 g/mol. The maximum atomic E-state index is 13.2. The quantitative estimate of drug-likeness (QED) is 0.464. The van der Waals surface area contributed by atoms with Gasteiger partial charge in [0.05, 0.1) is 6.61 Å². The minimum absolute atomic E-state index is 0.0230. The van der Waals surface area contributed by atoms with E-state index in [1.165, 1.54) is 5.56 Å². The lowest BCUT2D eigenvalue weighted by Gasteiger charge is -2.31. The molecule has 2 rings (SSSR count). The molecule has 5 nitrogen and oxygen atoms in total. The molecule has 0 bridgehead atoms. The maximum absolute atomic E-state index is 13.2. The van der Waals surface area contributed by atoms with Crippen LogP contribution in [0.2, 0.25) is 0 Å². The Labute approximate surface area is 193 Å². The summed E-state index contributed by atoms with van der Waals surface area (Å²) in [4.78, 5) is 27.9. The molecule has 0 saturated heterocycles. The number of nitrogens with one attached hydrogen (secondary N) is 1. The van der Waals surface area contributed by atoms with Crippen molar-refractivity contribution in [3.8, 4) is 5.75 Å². The number of rotatable bonds is 12. The van der Waals surface area contributed by atoms with Crippen molar-refractivity contribution >= 4 is 11.8 Å². The summed E-state index contributed by atoms with van der Waals surface area (Å²) >= 11 is 0. The first-order valence-corrected chi connectivity index (χ1v) is 11.7. The van der Waals surface area contributed by atoms with E-state index in [-0.39, 0.29) is 17.9 Å². The van der Waals surface area contributed by atoms with Crippen LogP contribution >= 0.6 is 0 Å². The molecule has 0 aliphatic heterocycles. The molecule has 174 valence electrons. The fourth-order valence-corrected chi connectivity index (χ4v) is 3.56. The molecule has 2 atom stereocenters. The van der Waals surface area contributed by atoms with Crippen molar-refractivity contribution in [2.45, 2.75) is 78.9 Å². The van der Waals surface area contributed by atoms with Gasteiger partial charge in [-0.05, 0) is 57.7 Å². The molecule has 2 aromatic carbocycles. The van der Waals surface area contributed by atoms with Gasteiger partial charge in [0.1, 0.15) is 11.8 Å². The van der Waals surface area contributed by atoms with E-state index in [4.69, 9.17) is 4.74 Å². The summed E-state index contributed by atoms with van der Waals surface area (Å²) in [6.45, 7) is 10.9. The zero-order chi connectivity index (χ0) is 23.5. The molecule has 2 aromatic rings. The molecule has 0 fully saturated rings. The Bertz CT molecular complexity index is 863. The topological polar surface area (TPSA) is 58.6 Å². The predicted octanol–water partition coefficient (Wildman–Crippen LogP) is 5.18. The van der Waals surface area contributed by atoms with Gasteiger partial charge in [0, 0.05) is 19.0 Å². The standard InChI is InChI=1S/C27H38N2O3/c1-6-22(5)28-27(31)25(7-2)29(19-23-11-8-10-21(4)18-23)26(30)12-9-17-32-24-15-13-20(3)14-16-24/h8,10-11,13-16,18,22,25H,6-7,9,12,17,19H2,1-5H3,(H,28,31)/t22-,25+/m0/s1. The fraction of sp³-hybridized carbons (Fsp3) is 0.481. The van der Waals surface area contributed by atoms with E-state index in [9.17, 15) is 9.59 Å². The van der Waals surface area contributed by atoms with Gasteiger partial charge in [-0.25, -0.2) is 0 Å². The third kappa shape index (κ3) is 8.03. The third-order valence-corrected chi connectivity index (χ3v) is 5.65. The van der Waals surface area contributed by atoms with Gasteiger partial charge in [0.25, 0.3) is 0 Å². The molecule has 0 heterocycles. The molecule has 0 radical (unpaired) electrons. The lowest BCUT2D eigenvalue weighted by atomic mass is 10.1. The van der Waals surface area contributed by atoms with E-state index in [0.717, 1.165) is 23.3 Å². The summed E-state index contributed by atoms with van der Waals surface area (Å²) in [5.74, 6) is 0.697. The highest BCUT2D eigenvalue weighted by Crippen LogP contribution is 2.17. The summed E-state index contributed by atoms with van der Waals surface area (Å²) < 4.78 is 5.78. The van der Waals surface area contributed by atoms with Gasteiger partial charge < -0.3 is 15.0 Å². The van der Waals surface area contributed by atoms with Crippen LogP contribution in [0, 0.1) is 13.8 Å². The molecule has 0 unspecified atom stereocenters. The Morgan fingerprint density at radius 2 is 1.72 bits per heavy atom. The van der Waals surface area contributed by atoms with Gasteiger partial charge in [-0.1, -0.05) is 61.4 Å². The maximum Gasteiger partial charge on any atom is 0.243 e. The molecule has 0 spiro atoms. The number of ether oxygens (including phenoxy) is 1. The second kappa shape index (κ2) is 12.9. The van der Waals surface area contributed by atoms with Crippen molar-refractivity contribution in [2.24, 2.45) is 0 Å². The molecule has 5 heteroatoms. The zero-order valence-corrected chi connectivity index (χ0v) is 20.2. The minimum atomic E-state index is -0.491. The van der Waals surface area contributed by atoms with Crippen LogP contribution in [-0.2, 0) is 16.1 Å². The monoisotopic (exact) mass is 438 g/mol. The van der Waals surface area contributed by atoms with Gasteiger partial charge in [0.15, 0.2) is 0 Å². The Hall–Kier alpha value is -2.82. The number of hydrogen-bond acceptors (Lipinski definition) is 3. The van der Waals surface area contributed by atoms with Gasteiger partial charge in [-0.2, -0.15) is 0 Å². The number of benzene rings is 2. The van der Waals surface area contributed by atoms with E-state index in [1.54, 1.807) is 4.90 Å². The van der Waals surface area contributed by atoms with Crippen LogP contribution in [-0.4, -0.2) is 35.4 Å². The van der Waals surface area contributed by atoms with Crippen molar-refractivity contribution < 1.29 is 14.3 Å². The van der Waals surface area contributed by atoms with E-state index in [0.29, 0.717) is 32.4 Å². The van der Waals surface area contributed by atoms with E-state index >= 15 is 0 Å². The second-order valence-electron chi connectivity index (χ2n) is 8.52. The molecule has 0 aromatic heterocycles. The molecule has 0 aliphatic rings. The number of carbonyl (C=O) groups excluding carboxylic acids is 2. The lowest BCUT2D eigenvalue weighted by Crippen LogP contribution is -2.50. The summed E-state index contributed by atoms with van der Waals surface area (Å²) in [7, 11) is 0. The van der Waals surface area contributed by atoms with Crippen molar-refractivity contribution in [3.63, 3.8) is 0 Å². The van der Waals surface area contributed by atoms with Crippen LogP contribution < -0.4 is 10.1 Å². The summed E-state index contributed by atoms with van der Waals surface area (Å²) in [6, 6.07) is 15.6. The molecule has 0 saturated carbocycles. The normalized spacial score (nSPS) is 12.7. The van der Waals surface area contributed by atoms with Crippen molar-refractivity contribution in [1.82, 2.24) is 10.2 Å². The number of carbonyl (C=O) groups is 2. The highest BCUT2D eigenvalue weighted by atomic mass is 16.5.